The normalized spacial score (nSPS) is 16.7. The van der Waals surface area contributed by atoms with Gasteiger partial charge in [0.05, 0.1) is 28.0 Å². The second-order valence-electron chi connectivity index (χ2n) is 7.10. The molecule has 1 aliphatic heterocycles. The molecule has 2 aromatic heterocycles. The largest absolute Gasteiger partial charge is 0.338 e. The first kappa shape index (κ1) is 15.7. The highest BCUT2D eigenvalue weighted by Crippen LogP contribution is 2.24. The molecule has 6 nitrogen and oxygen atoms in total. The molecule has 1 saturated heterocycles. The number of hydrogen-bond donors (Lipinski definition) is 0. The fraction of sp³-hybridized carbons (Fsp3) is 0.368. The topological polar surface area (TPSA) is 68.1 Å². The van der Waals surface area contributed by atoms with Crippen LogP contribution in [0.4, 0.5) is 0 Å². The minimum atomic E-state index is -0.0222. The zero-order valence-corrected chi connectivity index (χ0v) is 15.0. The van der Waals surface area contributed by atoms with E-state index in [2.05, 4.69) is 10.1 Å². The number of benzene rings is 1. The Hall–Kier alpha value is -2.54. The standard InChI is InChI=1S/C19H18N4O2S/c24-18-7-13-2-1-3-15(13)21-23(18)10-12-8-22(9-12)19(25)14-4-5-16-17(6-14)26-11-20-16/h4-7,11-12H,1-3,8-10H2. The van der Waals surface area contributed by atoms with E-state index in [4.69, 9.17) is 0 Å². The molecule has 0 atom stereocenters. The average molecular weight is 366 g/mol. The zero-order valence-electron chi connectivity index (χ0n) is 14.2. The van der Waals surface area contributed by atoms with Crippen molar-refractivity contribution in [2.45, 2.75) is 25.8 Å². The fourth-order valence-electron chi connectivity index (χ4n) is 3.84. The van der Waals surface area contributed by atoms with Gasteiger partial charge in [-0.25, -0.2) is 9.67 Å². The van der Waals surface area contributed by atoms with Crippen molar-refractivity contribution in [2.24, 2.45) is 5.92 Å². The summed E-state index contributed by atoms with van der Waals surface area (Å²) < 4.78 is 2.61. The van der Waals surface area contributed by atoms with Crippen molar-refractivity contribution in [3.8, 4) is 0 Å². The number of aryl methyl sites for hydroxylation is 2. The van der Waals surface area contributed by atoms with Crippen LogP contribution in [0.3, 0.4) is 0 Å². The summed E-state index contributed by atoms with van der Waals surface area (Å²) in [6, 6.07) is 7.38. The smallest absolute Gasteiger partial charge is 0.267 e. The van der Waals surface area contributed by atoms with E-state index in [1.807, 2.05) is 23.1 Å². The Morgan fingerprint density at radius 3 is 3.00 bits per heavy atom. The maximum absolute atomic E-state index is 12.6. The number of thiazole rings is 1. The van der Waals surface area contributed by atoms with Crippen molar-refractivity contribution in [3.63, 3.8) is 0 Å². The van der Waals surface area contributed by atoms with Crippen molar-refractivity contribution < 1.29 is 4.79 Å². The number of fused-ring (bicyclic) bond motifs is 2. The van der Waals surface area contributed by atoms with Gasteiger partial charge < -0.3 is 4.90 Å². The lowest BCUT2D eigenvalue weighted by atomic mass is 9.98. The first-order valence-corrected chi connectivity index (χ1v) is 9.78. The Balaban J connectivity index is 1.26. The SMILES string of the molecule is O=C(c1ccc2ncsc2c1)N1CC(Cn2nc3c(cc2=O)CCC3)C1. The highest BCUT2D eigenvalue weighted by atomic mass is 32.1. The summed E-state index contributed by atoms with van der Waals surface area (Å²) in [4.78, 5) is 30.9. The molecule has 7 heteroatoms. The number of likely N-dealkylation sites (tertiary alicyclic amines) is 1. The second kappa shape index (κ2) is 6.02. The molecule has 0 unspecified atom stereocenters. The van der Waals surface area contributed by atoms with Gasteiger partial charge in [0.15, 0.2) is 0 Å². The van der Waals surface area contributed by atoms with Crippen LogP contribution in [0.15, 0.2) is 34.6 Å². The summed E-state index contributed by atoms with van der Waals surface area (Å²) in [5, 5.41) is 4.53. The van der Waals surface area contributed by atoms with E-state index in [-0.39, 0.29) is 17.4 Å². The van der Waals surface area contributed by atoms with Gasteiger partial charge in [0, 0.05) is 30.6 Å². The number of carbonyl (C=O) groups excluding carboxylic acids is 1. The maximum Gasteiger partial charge on any atom is 0.267 e. The highest BCUT2D eigenvalue weighted by Gasteiger charge is 2.32. The van der Waals surface area contributed by atoms with Crippen LogP contribution in [-0.4, -0.2) is 38.7 Å². The number of rotatable bonds is 3. The summed E-state index contributed by atoms with van der Waals surface area (Å²) >= 11 is 1.54. The highest BCUT2D eigenvalue weighted by molar-refractivity contribution is 7.16. The van der Waals surface area contributed by atoms with Crippen LogP contribution in [0.25, 0.3) is 10.2 Å². The van der Waals surface area contributed by atoms with Crippen molar-refractivity contribution in [1.82, 2.24) is 19.7 Å². The van der Waals surface area contributed by atoms with Crippen LogP contribution in [-0.2, 0) is 19.4 Å². The number of aromatic nitrogens is 3. The van der Waals surface area contributed by atoms with E-state index in [0.717, 1.165) is 40.7 Å². The fourth-order valence-corrected chi connectivity index (χ4v) is 4.55. The molecule has 1 aliphatic carbocycles. The molecule has 1 amide bonds. The lowest BCUT2D eigenvalue weighted by Crippen LogP contribution is -2.52. The number of amides is 1. The second-order valence-corrected chi connectivity index (χ2v) is 7.99. The van der Waals surface area contributed by atoms with Gasteiger partial charge in [0.1, 0.15) is 0 Å². The van der Waals surface area contributed by atoms with Crippen LogP contribution in [0.2, 0.25) is 0 Å². The third-order valence-corrected chi connectivity index (χ3v) is 6.07. The van der Waals surface area contributed by atoms with E-state index < -0.39 is 0 Å². The quantitative estimate of drug-likeness (QED) is 0.712. The lowest BCUT2D eigenvalue weighted by Gasteiger charge is -2.39. The van der Waals surface area contributed by atoms with Gasteiger partial charge >= 0.3 is 0 Å². The molecule has 0 bridgehead atoms. The first-order chi connectivity index (χ1) is 12.7. The molecule has 2 aliphatic rings. The van der Waals surface area contributed by atoms with Crippen LogP contribution in [0.5, 0.6) is 0 Å². The molecule has 0 N–H and O–H groups in total. The first-order valence-electron chi connectivity index (χ1n) is 8.90. The molecule has 1 aromatic carbocycles. The van der Waals surface area contributed by atoms with Gasteiger partial charge in [0.2, 0.25) is 0 Å². The molecule has 0 radical (unpaired) electrons. The summed E-state index contributed by atoms with van der Waals surface area (Å²) in [5.74, 6) is 0.335. The van der Waals surface area contributed by atoms with E-state index in [1.54, 1.807) is 27.6 Å². The maximum atomic E-state index is 12.6. The molecule has 132 valence electrons. The van der Waals surface area contributed by atoms with Crippen LogP contribution in [0.1, 0.15) is 28.0 Å². The van der Waals surface area contributed by atoms with E-state index >= 15 is 0 Å². The van der Waals surface area contributed by atoms with Gasteiger partial charge in [-0.15, -0.1) is 11.3 Å². The summed E-state index contributed by atoms with van der Waals surface area (Å²) in [6.45, 7) is 1.93. The van der Waals surface area contributed by atoms with Gasteiger partial charge in [-0.1, -0.05) is 0 Å². The third-order valence-electron chi connectivity index (χ3n) is 5.28. The Bertz CT molecular complexity index is 1060. The zero-order chi connectivity index (χ0) is 17.7. The summed E-state index contributed by atoms with van der Waals surface area (Å²) in [7, 11) is 0. The van der Waals surface area contributed by atoms with E-state index in [9.17, 15) is 9.59 Å². The Morgan fingerprint density at radius 2 is 2.12 bits per heavy atom. The minimum Gasteiger partial charge on any atom is -0.338 e. The summed E-state index contributed by atoms with van der Waals surface area (Å²) in [6.07, 6.45) is 3.01. The van der Waals surface area contributed by atoms with Crippen molar-refractivity contribution in [1.29, 1.82) is 0 Å². The van der Waals surface area contributed by atoms with Gasteiger partial charge in [-0.05, 0) is 43.0 Å². The predicted octanol–water partition coefficient (Wildman–Crippen LogP) is 2.11. The van der Waals surface area contributed by atoms with Gasteiger partial charge in [-0.3, -0.25) is 9.59 Å². The number of nitrogens with zero attached hydrogens (tertiary/aromatic N) is 4. The predicted molar refractivity (Wildman–Crippen MR) is 99.5 cm³/mol. The van der Waals surface area contributed by atoms with Crippen molar-refractivity contribution in [2.75, 3.05) is 13.1 Å². The third kappa shape index (κ3) is 2.63. The van der Waals surface area contributed by atoms with Crippen molar-refractivity contribution >= 4 is 27.5 Å². The van der Waals surface area contributed by atoms with Crippen LogP contribution >= 0.6 is 11.3 Å². The molecular formula is C19H18N4O2S. The molecule has 0 spiro atoms. The van der Waals surface area contributed by atoms with E-state index in [1.165, 1.54) is 0 Å². The number of carbonyl (C=O) groups is 1. The molecule has 3 aromatic rings. The lowest BCUT2D eigenvalue weighted by molar-refractivity contribution is 0.0458. The van der Waals surface area contributed by atoms with E-state index in [0.29, 0.717) is 25.2 Å². The molecule has 1 fully saturated rings. The van der Waals surface area contributed by atoms with Gasteiger partial charge in [-0.2, -0.15) is 5.10 Å². The van der Waals surface area contributed by atoms with Crippen LogP contribution < -0.4 is 5.56 Å². The summed E-state index contributed by atoms with van der Waals surface area (Å²) in [5.41, 5.74) is 5.57. The minimum absolute atomic E-state index is 0.0222. The molecule has 5 rings (SSSR count). The monoisotopic (exact) mass is 366 g/mol. The average Bonchev–Trinajstić information content (AvgIpc) is 3.24. The molecule has 3 heterocycles. The molecule has 26 heavy (non-hydrogen) atoms. The Morgan fingerprint density at radius 1 is 1.23 bits per heavy atom. The number of hydrogen-bond acceptors (Lipinski definition) is 5. The van der Waals surface area contributed by atoms with Crippen molar-refractivity contribution in [3.05, 3.63) is 57.0 Å². The Labute approximate surface area is 154 Å². The van der Waals surface area contributed by atoms with Gasteiger partial charge in [0.25, 0.3) is 11.5 Å². The Kier molecular flexibility index (Phi) is 3.63. The molecule has 0 saturated carbocycles. The van der Waals surface area contributed by atoms with Crippen LogP contribution in [0, 0.1) is 5.92 Å². The molecular weight excluding hydrogens is 348 g/mol.